The molecule has 0 heterocycles. The summed E-state index contributed by atoms with van der Waals surface area (Å²) in [5.74, 6) is 0.399. The zero-order valence-corrected chi connectivity index (χ0v) is 9.71. The van der Waals surface area contributed by atoms with Crippen LogP contribution in [-0.4, -0.2) is 30.7 Å². The normalized spacial score (nSPS) is 32.6. The van der Waals surface area contributed by atoms with Crippen molar-refractivity contribution in [2.24, 2.45) is 5.92 Å². The standard InChI is InChI=1S/C12H20FN/c1-9(2)10-6-7-12(3,14(4)5)11(13)8-10/h6-9,11H,1-5H3. The quantitative estimate of drug-likeness (QED) is 0.658. The van der Waals surface area contributed by atoms with E-state index in [9.17, 15) is 4.39 Å². The lowest BCUT2D eigenvalue weighted by molar-refractivity contribution is 0.134. The lowest BCUT2D eigenvalue weighted by atomic mass is 9.85. The summed E-state index contributed by atoms with van der Waals surface area (Å²) < 4.78 is 13.9. The van der Waals surface area contributed by atoms with Gasteiger partial charge >= 0.3 is 0 Å². The van der Waals surface area contributed by atoms with Crippen molar-refractivity contribution < 1.29 is 4.39 Å². The van der Waals surface area contributed by atoms with Crippen molar-refractivity contribution in [1.82, 2.24) is 4.90 Å². The first kappa shape index (κ1) is 11.4. The van der Waals surface area contributed by atoms with Crippen LogP contribution in [0.2, 0.25) is 0 Å². The van der Waals surface area contributed by atoms with E-state index in [-0.39, 0.29) is 0 Å². The summed E-state index contributed by atoms with van der Waals surface area (Å²) in [6.07, 6.45) is 4.83. The van der Waals surface area contributed by atoms with Gasteiger partial charge in [-0.1, -0.05) is 26.0 Å². The van der Waals surface area contributed by atoms with Crippen LogP contribution in [0.25, 0.3) is 0 Å². The second-order valence-electron chi connectivity index (χ2n) is 4.68. The topological polar surface area (TPSA) is 3.24 Å². The van der Waals surface area contributed by atoms with Crippen LogP contribution < -0.4 is 0 Å². The molecule has 0 saturated carbocycles. The zero-order valence-electron chi connectivity index (χ0n) is 9.71. The number of hydrogen-bond acceptors (Lipinski definition) is 1. The molecule has 0 saturated heterocycles. The molecule has 1 nitrogen and oxygen atoms in total. The minimum absolute atomic E-state index is 0.399. The van der Waals surface area contributed by atoms with Crippen molar-refractivity contribution in [3.8, 4) is 0 Å². The highest BCUT2D eigenvalue weighted by Gasteiger charge is 2.35. The van der Waals surface area contributed by atoms with Crippen molar-refractivity contribution in [2.45, 2.75) is 32.5 Å². The average Bonchev–Trinajstić information content (AvgIpc) is 2.09. The molecule has 0 N–H and O–H groups in total. The third-order valence-corrected chi connectivity index (χ3v) is 3.14. The Balaban J connectivity index is 2.91. The van der Waals surface area contributed by atoms with E-state index in [4.69, 9.17) is 0 Å². The predicted octanol–water partition coefficient (Wildman–Crippen LogP) is 2.80. The van der Waals surface area contributed by atoms with Gasteiger partial charge in [-0.25, -0.2) is 4.39 Å². The Kier molecular flexibility index (Phi) is 3.15. The van der Waals surface area contributed by atoms with Gasteiger partial charge in [0.2, 0.25) is 0 Å². The molecule has 1 aliphatic rings. The van der Waals surface area contributed by atoms with Gasteiger partial charge in [0.15, 0.2) is 0 Å². The van der Waals surface area contributed by atoms with E-state index in [1.54, 1.807) is 6.08 Å². The van der Waals surface area contributed by atoms with Gasteiger partial charge in [-0.2, -0.15) is 0 Å². The Hall–Kier alpha value is -0.630. The molecule has 0 aliphatic heterocycles. The molecule has 0 bridgehead atoms. The van der Waals surface area contributed by atoms with Crippen LogP contribution in [-0.2, 0) is 0 Å². The molecule has 0 fully saturated rings. The molecular weight excluding hydrogens is 177 g/mol. The van der Waals surface area contributed by atoms with E-state index in [1.807, 2.05) is 38.1 Å². The van der Waals surface area contributed by atoms with E-state index < -0.39 is 11.7 Å². The van der Waals surface area contributed by atoms with Crippen molar-refractivity contribution in [1.29, 1.82) is 0 Å². The Bertz CT molecular complexity index is 265. The Morgan fingerprint density at radius 1 is 1.43 bits per heavy atom. The van der Waals surface area contributed by atoms with Gasteiger partial charge in [-0.05, 0) is 38.6 Å². The SMILES string of the molecule is CC(C)C1=CC(F)C(C)(N(C)C)C=C1. The fourth-order valence-electron chi connectivity index (χ4n) is 1.53. The second kappa shape index (κ2) is 3.85. The number of alkyl halides is 1. The molecule has 0 amide bonds. The van der Waals surface area contributed by atoms with E-state index in [1.165, 1.54) is 0 Å². The highest BCUT2D eigenvalue weighted by Crippen LogP contribution is 2.30. The molecule has 2 unspecified atom stereocenters. The summed E-state index contributed by atoms with van der Waals surface area (Å²) in [5, 5.41) is 0. The molecule has 80 valence electrons. The average molecular weight is 197 g/mol. The molecule has 0 radical (unpaired) electrons. The van der Waals surface area contributed by atoms with Crippen molar-refractivity contribution in [2.75, 3.05) is 14.1 Å². The van der Waals surface area contributed by atoms with Crippen molar-refractivity contribution in [3.63, 3.8) is 0 Å². The number of hydrogen-bond donors (Lipinski definition) is 0. The third kappa shape index (κ3) is 1.90. The molecule has 2 atom stereocenters. The first-order chi connectivity index (χ1) is 6.38. The fourth-order valence-corrected chi connectivity index (χ4v) is 1.53. The van der Waals surface area contributed by atoms with Gasteiger partial charge in [0.1, 0.15) is 6.17 Å². The van der Waals surface area contributed by atoms with Gasteiger partial charge in [0.25, 0.3) is 0 Å². The van der Waals surface area contributed by atoms with Crippen LogP contribution in [0.15, 0.2) is 23.8 Å². The van der Waals surface area contributed by atoms with Gasteiger partial charge in [-0.3, -0.25) is 4.90 Å². The summed E-state index contributed by atoms with van der Waals surface area (Å²) in [4.78, 5) is 1.92. The van der Waals surface area contributed by atoms with Crippen molar-refractivity contribution >= 4 is 0 Å². The molecule has 0 aromatic rings. The molecule has 1 rings (SSSR count). The van der Waals surface area contributed by atoms with Gasteiger partial charge in [0.05, 0.1) is 5.54 Å². The predicted molar refractivity (Wildman–Crippen MR) is 59.0 cm³/mol. The highest BCUT2D eigenvalue weighted by atomic mass is 19.1. The van der Waals surface area contributed by atoms with E-state index in [2.05, 4.69) is 13.8 Å². The zero-order chi connectivity index (χ0) is 10.9. The van der Waals surface area contributed by atoms with Crippen molar-refractivity contribution in [3.05, 3.63) is 23.8 Å². The van der Waals surface area contributed by atoms with Crippen LogP contribution in [0, 0.1) is 5.92 Å². The number of likely N-dealkylation sites (N-methyl/N-ethyl adjacent to an activating group) is 1. The summed E-state index contributed by atoms with van der Waals surface area (Å²) in [6.45, 7) is 6.09. The van der Waals surface area contributed by atoms with Crippen LogP contribution in [0.1, 0.15) is 20.8 Å². The molecule has 0 aromatic heterocycles. The maximum absolute atomic E-state index is 13.9. The third-order valence-electron chi connectivity index (χ3n) is 3.14. The summed E-state index contributed by atoms with van der Waals surface area (Å²) >= 11 is 0. The summed E-state index contributed by atoms with van der Waals surface area (Å²) in [6, 6.07) is 0. The van der Waals surface area contributed by atoms with E-state index in [0.29, 0.717) is 5.92 Å². The molecular formula is C12H20FN. The monoisotopic (exact) mass is 197 g/mol. The van der Waals surface area contributed by atoms with E-state index in [0.717, 1.165) is 5.57 Å². The summed E-state index contributed by atoms with van der Waals surface area (Å²) in [5.41, 5.74) is 0.607. The smallest absolute Gasteiger partial charge is 0.140 e. The Morgan fingerprint density at radius 2 is 2.00 bits per heavy atom. The minimum atomic E-state index is -0.917. The van der Waals surface area contributed by atoms with E-state index >= 15 is 0 Å². The van der Waals surface area contributed by atoms with Crippen LogP contribution in [0.5, 0.6) is 0 Å². The number of rotatable bonds is 2. The van der Waals surface area contributed by atoms with Crippen LogP contribution >= 0.6 is 0 Å². The van der Waals surface area contributed by atoms with Gasteiger partial charge in [-0.15, -0.1) is 0 Å². The van der Waals surface area contributed by atoms with Crippen LogP contribution in [0.4, 0.5) is 4.39 Å². The maximum Gasteiger partial charge on any atom is 0.140 e. The lowest BCUT2D eigenvalue weighted by Gasteiger charge is -2.38. The molecule has 14 heavy (non-hydrogen) atoms. The fraction of sp³-hybridized carbons (Fsp3) is 0.667. The maximum atomic E-state index is 13.9. The first-order valence-electron chi connectivity index (χ1n) is 5.10. The second-order valence-corrected chi connectivity index (χ2v) is 4.68. The number of nitrogens with zero attached hydrogens (tertiary/aromatic N) is 1. The molecule has 1 aliphatic carbocycles. The molecule has 0 aromatic carbocycles. The minimum Gasteiger partial charge on any atom is -0.298 e. The largest absolute Gasteiger partial charge is 0.298 e. The van der Waals surface area contributed by atoms with Gasteiger partial charge < -0.3 is 0 Å². The number of allylic oxidation sites excluding steroid dienone is 2. The Morgan fingerprint density at radius 3 is 2.36 bits per heavy atom. The molecule has 2 heteroatoms. The lowest BCUT2D eigenvalue weighted by Crippen LogP contribution is -2.48. The van der Waals surface area contributed by atoms with Gasteiger partial charge in [0, 0.05) is 0 Å². The number of halogens is 1. The Labute approximate surface area is 86.3 Å². The first-order valence-corrected chi connectivity index (χ1v) is 5.10. The molecule has 0 spiro atoms. The highest BCUT2D eigenvalue weighted by molar-refractivity contribution is 5.33. The van der Waals surface area contributed by atoms with Crippen LogP contribution in [0.3, 0.4) is 0 Å². The summed E-state index contributed by atoms with van der Waals surface area (Å²) in [7, 11) is 3.82.